The molecule has 0 unspecified atom stereocenters. The molecule has 176 valence electrons. The molecule has 33 heavy (non-hydrogen) atoms. The van der Waals surface area contributed by atoms with Gasteiger partial charge in [-0.2, -0.15) is 0 Å². The molecule has 3 rings (SSSR count). The topological polar surface area (TPSA) is 139 Å². The molecule has 1 aromatic heterocycles. The highest BCUT2D eigenvalue weighted by Crippen LogP contribution is 2.36. The highest BCUT2D eigenvalue weighted by molar-refractivity contribution is 7.90. The lowest BCUT2D eigenvalue weighted by molar-refractivity contribution is -0.130. The number of benzene rings is 1. The van der Waals surface area contributed by atoms with Gasteiger partial charge < -0.3 is 15.4 Å². The minimum atomic E-state index is -3.32. The van der Waals surface area contributed by atoms with Crippen LogP contribution in [0.2, 0.25) is 0 Å². The third kappa shape index (κ3) is 5.96. The van der Waals surface area contributed by atoms with E-state index in [1.807, 2.05) is 30.3 Å². The molecule has 0 radical (unpaired) electrons. The van der Waals surface area contributed by atoms with Gasteiger partial charge in [0, 0.05) is 17.2 Å². The van der Waals surface area contributed by atoms with Gasteiger partial charge in [-0.3, -0.25) is 14.5 Å². The number of sulfone groups is 1. The van der Waals surface area contributed by atoms with E-state index in [1.165, 1.54) is 0 Å². The molecule has 2 N–H and O–H groups in total. The van der Waals surface area contributed by atoms with Gasteiger partial charge in [-0.05, 0) is 18.9 Å². The zero-order valence-electron chi connectivity index (χ0n) is 18.0. The average molecular weight is 494 g/mol. The standard InChI is InChI=1S/C21H23N3O7S2/c1-3-31-20(27)17-14(13-7-5-4-6-8-13)12-32-18(17)23-16(25)11-24-19(26)15(22-21(24)28)9-10-33(2,29)30/h4-8,12,15H,3,9-11H2,1-2H3,(H,22,28)(H,23,25)/t15-/m1/s1. The number of nitrogens with one attached hydrogen (secondary N) is 2. The lowest BCUT2D eigenvalue weighted by atomic mass is 10.0. The van der Waals surface area contributed by atoms with E-state index in [0.717, 1.165) is 28.1 Å². The fourth-order valence-electron chi connectivity index (χ4n) is 3.25. The van der Waals surface area contributed by atoms with Gasteiger partial charge in [0.25, 0.3) is 5.91 Å². The quantitative estimate of drug-likeness (QED) is 0.402. The van der Waals surface area contributed by atoms with Gasteiger partial charge in [0.1, 0.15) is 33.0 Å². The molecule has 0 aliphatic carbocycles. The molecule has 1 aliphatic heterocycles. The van der Waals surface area contributed by atoms with Crippen LogP contribution in [0.3, 0.4) is 0 Å². The van der Waals surface area contributed by atoms with Gasteiger partial charge in [0.05, 0.1) is 12.4 Å². The maximum absolute atomic E-state index is 12.6. The fourth-order valence-corrected chi connectivity index (χ4v) is 4.89. The lowest BCUT2D eigenvalue weighted by Crippen LogP contribution is -2.38. The third-order valence-electron chi connectivity index (χ3n) is 4.79. The van der Waals surface area contributed by atoms with E-state index >= 15 is 0 Å². The van der Waals surface area contributed by atoms with E-state index in [2.05, 4.69) is 10.6 Å². The summed E-state index contributed by atoms with van der Waals surface area (Å²) in [4.78, 5) is 50.6. The molecule has 2 heterocycles. The van der Waals surface area contributed by atoms with Crippen LogP contribution in [0.15, 0.2) is 35.7 Å². The second kappa shape index (κ2) is 10.1. The van der Waals surface area contributed by atoms with Crippen LogP contribution in [0.25, 0.3) is 11.1 Å². The molecule has 4 amide bonds. The van der Waals surface area contributed by atoms with Gasteiger partial charge in [0.2, 0.25) is 5.91 Å². The Hall–Kier alpha value is -3.25. The van der Waals surface area contributed by atoms with Crippen molar-refractivity contribution in [2.45, 2.75) is 19.4 Å². The summed E-state index contributed by atoms with van der Waals surface area (Å²) in [5, 5.41) is 6.93. The molecule has 1 atom stereocenters. The first kappa shape index (κ1) is 24.4. The van der Waals surface area contributed by atoms with Crippen molar-refractivity contribution < 1.29 is 32.3 Å². The second-order valence-corrected chi connectivity index (χ2v) is 10.5. The number of hydrogen-bond acceptors (Lipinski definition) is 8. The van der Waals surface area contributed by atoms with E-state index in [-0.39, 0.29) is 29.3 Å². The first-order valence-electron chi connectivity index (χ1n) is 10.0. The Bertz CT molecular complexity index is 1180. The number of imide groups is 1. The predicted molar refractivity (Wildman–Crippen MR) is 123 cm³/mol. The summed E-state index contributed by atoms with van der Waals surface area (Å²) in [6.45, 7) is 1.23. The summed E-state index contributed by atoms with van der Waals surface area (Å²) in [6.07, 6.45) is 0.950. The molecule has 1 saturated heterocycles. The van der Waals surface area contributed by atoms with Crippen molar-refractivity contribution in [1.82, 2.24) is 10.2 Å². The number of carbonyl (C=O) groups is 4. The van der Waals surface area contributed by atoms with E-state index in [4.69, 9.17) is 4.74 Å². The summed E-state index contributed by atoms with van der Waals surface area (Å²) in [6, 6.07) is 7.32. The van der Waals surface area contributed by atoms with Gasteiger partial charge in [-0.25, -0.2) is 18.0 Å². The van der Waals surface area contributed by atoms with Gasteiger partial charge in [-0.15, -0.1) is 11.3 Å². The van der Waals surface area contributed by atoms with Crippen molar-refractivity contribution in [3.63, 3.8) is 0 Å². The first-order chi connectivity index (χ1) is 15.6. The van der Waals surface area contributed by atoms with Crippen LogP contribution in [-0.2, 0) is 24.2 Å². The normalized spacial score (nSPS) is 15.9. The van der Waals surface area contributed by atoms with Gasteiger partial charge in [0.15, 0.2) is 0 Å². The van der Waals surface area contributed by atoms with Crippen LogP contribution in [0.4, 0.5) is 9.80 Å². The second-order valence-electron chi connectivity index (χ2n) is 7.33. The van der Waals surface area contributed by atoms with Gasteiger partial charge >= 0.3 is 12.0 Å². The van der Waals surface area contributed by atoms with Crippen molar-refractivity contribution >= 4 is 50.0 Å². The van der Waals surface area contributed by atoms with Crippen molar-refractivity contribution in [3.8, 4) is 11.1 Å². The van der Waals surface area contributed by atoms with E-state index < -0.39 is 46.2 Å². The summed E-state index contributed by atoms with van der Waals surface area (Å²) >= 11 is 1.12. The summed E-state index contributed by atoms with van der Waals surface area (Å²) < 4.78 is 27.8. The summed E-state index contributed by atoms with van der Waals surface area (Å²) in [7, 11) is -3.32. The Labute approximate surface area is 194 Å². The van der Waals surface area contributed by atoms with Crippen LogP contribution in [0, 0.1) is 0 Å². The van der Waals surface area contributed by atoms with Crippen molar-refractivity contribution in [1.29, 1.82) is 0 Å². The number of esters is 1. The van der Waals surface area contributed by atoms with Crippen molar-refractivity contribution in [2.24, 2.45) is 0 Å². The Morgan fingerprint density at radius 3 is 2.55 bits per heavy atom. The number of nitrogens with zero attached hydrogens (tertiary/aromatic N) is 1. The van der Waals surface area contributed by atoms with Crippen LogP contribution in [-0.4, -0.2) is 68.3 Å². The van der Waals surface area contributed by atoms with E-state index in [0.29, 0.717) is 5.56 Å². The zero-order chi connectivity index (χ0) is 24.2. The number of amides is 4. The van der Waals surface area contributed by atoms with Crippen LogP contribution >= 0.6 is 11.3 Å². The number of rotatable bonds is 9. The Morgan fingerprint density at radius 2 is 1.91 bits per heavy atom. The molecule has 10 nitrogen and oxygen atoms in total. The summed E-state index contributed by atoms with van der Waals surface area (Å²) in [5.74, 6) is -2.25. The number of carbonyl (C=O) groups excluding carboxylic acids is 4. The van der Waals surface area contributed by atoms with E-state index in [9.17, 15) is 27.6 Å². The largest absolute Gasteiger partial charge is 0.462 e. The number of anilines is 1. The Balaban J connectivity index is 1.75. The average Bonchev–Trinajstić information content (AvgIpc) is 3.28. The SMILES string of the molecule is CCOC(=O)c1c(-c2ccccc2)csc1NC(=O)CN1C(=O)N[C@H](CCS(C)(=O)=O)C1=O. The molecule has 0 bridgehead atoms. The Morgan fingerprint density at radius 1 is 1.21 bits per heavy atom. The predicted octanol–water partition coefficient (Wildman–Crippen LogP) is 1.89. The molecule has 0 spiro atoms. The molecule has 0 saturated carbocycles. The van der Waals surface area contributed by atoms with Gasteiger partial charge in [-0.1, -0.05) is 30.3 Å². The Kier molecular flexibility index (Phi) is 7.49. The monoisotopic (exact) mass is 493 g/mol. The first-order valence-corrected chi connectivity index (χ1v) is 13.0. The zero-order valence-corrected chi connectivity index (χ0v) is 19.6. The number of hydrogen-bond donors (Lipinski definition) is 2. The lowest BCUT2D eigenvalue weighted by Gasteiger charge is -2.13. The number of ether oxygens (including phenoxy) is 1. The van der Waals surface area contributed by atoms with Crippen molar-refractivity contribution in [3.05, 3.63) is 41.3 Å². The molecule has 1 aromatic carbocycles. The maximum atomic E-state index is 12.6. The van der Waals surface area contributed by atoms with E-state index in [1.54, 1.807) is 12.3 Å². The summed E-state index contributed by atoms with van der Waals surface area (Å²) in [5.41, 5.74) is 1.54. The fraction of sp³-hybridized carbons (Fsp3) is 0.333. The molecular weight excluding hydrogens is 470 g/mol. The van der Waals surface area contributed by atoms with Crippen LogP contribution < -0.4 is 10.6 Å². The minimum absolute atomic E-state index is 0.0834. The molecule has 2 aromatic rings. The number of thiophene rings is 1. The van der Waals surface area contributed by atoms with Crippen molar-refractivity contribution in [2.75, 3.05) is 30.5 Å². The minimum Gasteiger partial charge on any atom is -0.462 e. The molecule has 1 fully saturated rings. The smallest absolute Gasteiger partial charge is 0.341 e. The molecule has 1 aliphatic rings. The molecule has 12 heteroatoms. The third-order valence-corrected chi connectivity index (χ3v) is 6.67. The van der Waals surface area contributed by atoms with Crippen LogP contribution in [0.5, 0.6) is 0 Å². The van der Waals surface area contributed by atoms with Crippen LogP contribution in [0.1, 0.15) is 23.7 Å². The molecular formula is C21H23N3O7S2. The number of urea groups is 1. The highest BCUT2D eigenvalue weighted by Gasteiger charge is 2.39. The maximum Gasteiger partial charge on any atom is 0.341 e. The highest BCUT2D eigenvalue weighted by atomic mass is 32.2.